The predicted octanol–water partition coefficient (Wildman–Crippen LogP) is 3.88. The second kappa shape index (κ2) is 4.85. The van der Waals surface area contributed by atoms with Gasteiger partial charge in [-0.3, -0.25) is 4.79 Å². The summed E-state index contributed by atoms with van der Waals surface area (Å²) in [6.07, 6.45) is 5.97. The highest BCUT2D eigenvalue weighted by atomic mass is 35.5. The van der Waals surface area contributed by atoms with Gasteiger partial charge in [-0.25, -0.2) is 4.98 Å². The normalized spacial score (nSPS) is 39.2. The van der Waals surface area contributed by atoms with Crippen molar-refractivity contribution in [3.05, 3.63) is 24.4 Å². The number of rotatable bonds is 2. The molecule has 4 rings (SSSR count). The predicted molar refractivity (Wildman–Crippen MR) is 83.2 cm³/mol. The minimum Gasteiger partial charge on any atom is -0.310 e. The average molecular weight is 325 g/mol. The first-order valence-corrected chi connectivity index (χ1v) is 8.44. The van der Waals surface area contributed by atoms with Crippen molar-refractivity contribution in [2.75, 3.05) is 5.32 Å². The van der Waals surface area contributed by atoms with Crippen LogP contribution >= 0.6 is 23.2 Å². The van der Waals surface area contributed by atoms with E-state index in [0.29, 0.717) is 29.5 Å². The van der Waals surface area contributed by atoms with E-state index < -0.39 is 4.33 Å². The van der Waals surface area contributed by atoms with Crippen molar-refractivity contribution in [3.63, 3.8) is 0 Å². The van der Waals surface area contributed by atoms with Crippen molar-refractivity contribution in [2.45, 2.75) is 30.0 Å². The molecule has 1 N–H and O–H groups in total. The number of pyridine rings is 1. The third-order valence-corrected chi connectivity index (χ3v) is 6.66. The number of anilines is 1. The SMILES string of the molecule is O=C(Nc1ccccn1)C1[C@H]2CC[C@H]3[C@@H](CC[C@@H]12)C3(Cl)Cl. The molecule has 3 nitrogen and oxygen atoms in total. The Labute approximate surface area is 134 Å². The van der Waals surface area contributed by atoms with Gasteiger partial charge >= 0.3 is 0 Å². The van der Waals surface area contributed by atoms with Gasteiger partial charge in [0.05, 0.1) is 0 Å². The molecule has 21 heavy (non-hydrogen) atoms. The van der Waals surface area contributed by atoms with Crippen LogP contribution < -0.4 is 5.32 Å². The number of halogens is 2. The van der Waals surface area contributed by atoms with Crippen LogP contribution in [0.1, 0.15) is 25.7 Å². The molecule has 1 amide bonds. The quantitative estimate of drug-likeness (QED) is 0.839. The standard InChI is InChI=1S/C16H18Cl2N2O/c17-16(18)11-6-4-9-10(5-7-12(11)16)14(9)15(21)20-13-3-1-2-8-19-13/h1-3,8-12,14H,4-7H2,(H,19,20,21)/t9-,10+,11-,12+,14?. The van der Waals surface area contributed by atoms with E-state index in [2.05, 4.69) is 10.3 Å². The molecule has 0 aromatic carbocycles. The summed E-state index contributed by atoms with van der Waals surface area (Å²) in [6, 6.07) is 5.55. The first kappa shape index (κ1) is 13.8. The van der Waals surface area contributed by atoms with Gasteiger partial charge in [-0.15, -0.1) is 23.2 Å². The molecule has 1 aromatic heterocycles. The minimum absolute atomic E-state index is 0.127. The maximum Gasteiger partial charge on any atom is 0.229 e. The molecular weight excluding hydrogens is 307 g/mol. The van der Waals surface area contributed by atoms with Crippen LogP contribution in [0, 0.1) is 29.6 Å². The lowest BCUT2D eigenvalue weighted by Gasteiger charge is -2.03. The highest BCUT2D eigenvalue weighted by Crippen LogP contribution is 2.67. The Kier molecular flexibility index (Phi) is 3.20. The summed E-state index contributed by atoms with van der Waals surface area (Å²) in [7, 11) is 0. The maximum atomic E-state index is 12.4. The fourth-order valence-electron chi connectivity index (χ4n) is 4.26. The van der Waals surface area contributed by atoms with Crippen LogP contribution in [0.25, 0.3) is 0 Å². The first-order valence-electron chi connectivity index (χ1n) is 7.68. The van der Waals surface area contributed by atoms with E-state index >= 15 is 0 Å². The van der Waals surface area contributed by atoms with E-state index in [9.17, 15) is 4.79 Å². The third-order valence-electron chi connectivity index (χ3n) is 5.54. The van der Waals surface area contributed by atoms with Gasteiger partial charge in [0, 0.05) is 12.1 Å². The smallest absolute Gasteiger partial charge is 0.229 e. The van der Waals surface area contributed by atoms with Crippen LogP contribution in [0.15, 0.2) is 24.4 Å². The van der Waals surface area contributed by atoms with Crippen LogP contribution in [0.2, 0.25) is 0 Å². The summed E-state index contributed by atoms with van der Waals surface area (Å²) in [5.74, 6) is 2.85. The molecule has 5 heteroatoms. The van der Waals surface area contributed by atoms with Gasteiger partial charge in [-0.2, -0.15) is 0 Å². The summed E-state index contributed by atoms with van der Waals surface area (Å²) in [4.78, 5) is 16.5. The van der Waals surface area contributed by atoms with Crippen molar-refractivity contribution in [2.24, 2.45) is 29.6 Å². The van der Waals surface area contributed by atoms with Crippen LogP contribution in [0.3, 0.4) is 0 Å². The number of hydrogen-bond donors (Lipinski definition) is 1. The molecule has 0 radical (unpaired) electrons. The third kappa shape index (κ3) is 2.35. The number of nitrogens with zero attached hydrogens (tertiary/aromatic N) is 1. The van der Waals surface area contributed by atoms with E-state index in [1.54, 1.807) is 6.20 Å². The minimum atomic E-state index is -0.484. The molecular formula is C16H18Cl2N2O. The van der Waals surface area contributed by atoms with Crippen LogP contribution in [0.4, 0.5) is 5.82 Å². The molecule has 1 heterocycles. The second-order valence-corrected chi connectivity index (χ2v) is 8.04. The Balaban J connectivity index is 1.38. The van der Waals surface area contributed by atoms with Gasteiger partial charge in [-0.1, -0.05) is 6.07 Å². The van der Waals surface area contributed by atoms with Gasteiger partial charge < -0.3 is 5.32 Å². The molecule has 3 aliphatic carbocycles. The number of alkyl halides is 2. The largest absolute Gasteiger partial charge is 0.310 e. The molecule has 0 bridgehead atoms. The average Bonchev–Trinajstić information content (AvgIpc) is 3.24. The zero-order valence-electron chi connectivity index (χ0n) is 11.6. The Morgan fingerprint density at radius 2 is 1.81 bits per heavy atom. The van der Waals surface area contributed by atoms with Crippen LogP contribution in [0.5, 0.6) is 0 Å². The van der Waals surface area contributed by atoms with E-state index in [-0.39, 0.29) is 11.8 Å². The number of nitrogens with one attached hydrogen (secondary N) is 1. The first-order chi connectivity index (χ1) is 10.1. The Morgan fingerprint density at radius 3 is 2.38 bits per heavy atom. The topological polar surface area (TPSA) is 42.0 Å². The molecule has 0 saturated heterocycles. The summed E-state index contributed by atoms with van der Waals surface area (Å²) < 4.78 is -0.484. The number of carbonyl (C=O) groups excluding carboxylic acids is 1. The van der Waals surface area contributed by atoms with Crippen molar-refractivity contribution in [3.8, 4) is 0 Å². The molecule has 3 fully saturated rings. The molecule has 3 saturated carbocycles. The van der Waals surface area contributed by atoms with Gasteiger partial charge in [0.1, 0.15) is 10.2 Å². The van der Waals surface area contributed by atoms with E-state index in [1.165, 1.54) is 0 Å². The van der Waals surface area contributed by atoms with Gasteiger partial charge in [0.25, 0.3) is 0 Å². The fraction of sp³-hybridized carbons (Fsp3) is 0.625. The number of carbonyl (C=O) groups is 1. The molecule has 112 valence electrons. The molecule has 1 aromatic rings. The number of hydrogen-bond acceptors (Lipinski definition) is 2. The fourth-order valence-corrected chi connectivity index (χ4v) is 5.18. The highest BCUT2D eigenvalue weighted by Gasteiger charge is 2.65. The van der Waals surface area contributed by atoms with E-state index in [0.717, 1.165) is 25.7 Å². The lowest BCUT2D eigenvalue weighted by molar-refractivity contribution is -0.117. The van der Waals surface area contributed by atoms with Gasteiger partial charge in [-0.05, 0) is 61.5 Å². The van der Waals surface area contributed by atoms with Crippen LogP contribution in [-0.2, 0) is 4.79 Å². The monoisotopic (exact) mass is 324 g/mol. The number of amides is 1. The number of aromatic nitrogens is 1. The summed E-state index contributed by atoms with van der Waals surface area (Å²) >= 11 is 12.6. The summed E-state index contributed by atoms with van der Waals surface area (Å²) in [5, 5.41) is 2.94. The van der Waals surface area contributed by atoms with Crippen molar-refractivity contribution >= 4 is 34.9 Å². The summed E-state index contributed by atoms with van der Waals surface area (Å²) in [5.41, 5.74) is 0. The molecule has 1 unspecified atom stereocenters. The zero-order valence-corrected chi connectivity index (χ0v) is 13.1. The van der Waals surface area contributed by atoms with Gasteiger partial charge in [0.15, 0.2) is 0 Å². The summed E-state index contributed by atoms with van der Waals surface area (Å²) in [6.45, 7) is 0. The Morgan fingerprint density at radius 1 is 1.14 bits per heavy atom. The zero-order chi connectivity index (χ0) is 14.6. The molecule has 0 aliphatic heterocycles. The van der Waals surface area contributed by atoms with Crippen molar-refractivity contribution < 1.29 is 4.79 Å². The molecule has 3 aliphatic rings. The van der Waals surface area contributed by atoms with Crippen LogP contribution in [-0.4, -0.2) is 15.2 Å². The Hall–Kier alpha value is -0.800. The Bertz CT molecular complexity index is 541. The van der Waals surface area contributed by atoms with Crippen molar-refractivity contribution in [1.82, 2.24) is 4.98 Å². The lowest BCUT2D eigenvalue weighted by Crippen LogP contribution is -2.16. The molecule has 5 atom stereocenters. The van der Waals surface area contributed by atoms with E-state index in [4.69, 9.17) is 23.2 Å². The van der Waals surface area contributed by atoms with E-state index in [1.807, 2.05) is 18.2 Å². The lowest BCUT2D eigenvalue weighted by atomic mass is 10.0. The maximum absolute atomic E-state index is 12.4. The molecule has 0 spiro atoms. The highest BCUT2D eigenvalue weighted by molar-refractivity contribution is 6.51. The van der Waals surface area contributed by atoms with Gasteiger partial charge in [0.2, 0.25) is 5.91 Å². The van der Waals surface area contributed by atoms with Crippen molar-refractivity contribution in [1.29, 1.82) is 0 Å². The number of fused-ring (bicyclic) bond motifs is 2. The second-order valence-electron chi connectivity index (χ2n) is 6.60.